The topological polar surface area (TPSA) is 22.1 Å². The highest BCUT2D eigenvalue weighted by molar-refractivity contribution is 6.30. The Hall–Kier alpha value is -0.600. The van der Waals surface area contributed by atoms with Gasteiger partial charge in [0.15, 0.2) is 0 Å². The zero-order valence-corrected chi connectivity index (χ0v) is 7.35. The Labute approximate surface area is 71.2 Å². The van der Waals surface area contributed by atoms with Crippen LogP contribution in [0.4, 0.5) is 0 Å². The molecule has 11 heavy (non-hydrogen) atoms. The molecule has 0 aromatic carbocycles. The molecule has 0 atom stereocenters. The molecule has 1 heterocycles. The number of methoxy groups -OCH3 is 1. The Balaban J connectivity index is 2.90. The maximum atomic E-state index is 5.82. The molecule has 0 fully saturated rings. The van der Waals surface area contributed by atoms with Crippen molar-refractivity contribution in [3.63, 3.8) is 0 Å². The maximum Gasteiger partial charge on any atom is 0.134 e. The molecular formula is C8H10ClNO. The summed E-state index contributed by atoms with van der Waals surface area (Å²) in [6.07, 6.45) is 0. The first-order valence-electron chi connectivity index (χ1n) is 3.35. The van der Waals surface area contributed by atoms with E-state index in [1.54, 1.807) is 7.11 Å². The van der Waals surface area contributed by atoms with Crippen molar-refractivity contribution in [3.05, 3.63) is 28.5 Å². The van der Waals surface area contributed by atoms with Gasteiger partial charge in [-0.05, 0) is 13.0 Å². The van der Waals surface area contributed by atoms with E-state index in [-0.39, 0.29) is 0 Å². The predicted octanol–water partition coefficient (Wildman–Crippen LogP) is 2.19. The Morgan fingerprint density at radius 3 is 2.82 bits per heavy atom. The van der Waals surface area contributed by atoms with E-state index >= 15 is 0 Å². The summed E-state index contributed by atoms with van der Waals surface area (Å²) in [5.41, 5.74) is 1.86. The molecule has 0 amide bonds. The molecule has 60 valence electrons. The van der Waals surface area contributed by atoms with Crippen molar-refractivity contribution in [1.82, 2.24) is 4.98 Å². The smallest absolute Gasteiger partial charge is 0.134 e. The van der Waals surface area contributed by atoms with E-state index in [1.165, 1.54) is 0 Å². The quantitative estimate of drug-likeness (QED) is 0.637. The third-order valence-electron chi connectivity index (χ3n) is 1.37. The average molecular weight is 172 g/mol. The first-order chi connectivity index (χ1) is 5.24. The van der Waals surface area contributed by atoms with Crippen molar-refractivity contribution in [2.75, 3.05) is 7.11 Å². The van der Waals surface area contributed by atoms with E-state index in [1.807, 2.05) is 19.1 Å². The summed E-state index contributed by atoms with van der Waals surface area (Å²) in [4.78, 5) is 4.08. The van der Waals surface area contributed by atoms with E-state index in [4.69, 9.17) is 16.3 Å². The van der Waals surface area contributed by atoms with Gasteiger partial charge in [0.25, 0.3) is 0 Å². The molecule has 0 aliphatic rings. The summed E-state index contributed by atoms with van der Waals surface area (Å²) >= 11 is 5.82. The van der Waals surface area contributed by atoms with Crippen LogP contribution < -0.4 is 0 Å². The number of nitrogens with zero attached hydrogens (tertiary/aromatic N) is 1. The summed E-state index contributed by atoms with van der Waals surface area (Å²) in [6.45, 7) is 2.43. The lowest BCUT2D eigenvalue weighted by Gasteiger charge is -2.01. The highest BCUT2D eigenvalue weighted by Crippen LogP contribution is 2.13. The normalized spacial score (nSPS) is 10.1. The van der Waals surface area contributed by atoms with Crippen molar-refractivity contribution in [3.8, 4) is 0 Å². The number of pyridine rings is 1. The molecule has 0 spiro atoms. The van der Waals surface area contributed by atoms with Gasteiger partial charge in [0, 0.05) is 18.4 Å². The van der Waals surface area contributed by atoms with Gasteiger partial charge in [-0.3, -0.25) is 0 Å². The molecule has 0 bridgehead atoms. The molecule has 0 N–H and O–H groups in total. The second-order valence-electron chi connectivity index (χ2n) is 2.34. The summed E-state index contributed by atoms with van der Waals surface area (Å²) in [5, 5.41) is 0.534. The van der Waals surface area contributed by atoms with Gasteiger partial charge in [0.1, 0.15) is 5.15 Å². The van der Waals surface area contributed by atoms with Crippen LogP contribution in [0, 0.1) is 6.92 Å². The van der Waals surface area contributed by atoms with Crippen LogP contribution in [0.1, 0.15) is 11.3 Å². The minimum absolute atomic E-state index is 0.520. The molecule has 1 rings (SSSR count). The van der Waals surface area contributed by atoms with Gasteiger partial charge >= 0.3 is 0 Å². The van der Waals surface area contributed by atoms with Gasteiger partial charge in [0.2, 0.25) is 0 Å². The molecule has 0 saturated carbocycles. The van der Waals surface area contributed by atoms with E-state index in [2.05, 4.69) is 4.98 Å². The summed E-state index contributed by atoms with van der Waals surface area (Å²) in [7, 11) is 1.64. The van der Waals surface area contributed by atoms with Crippen LogP contribution >= 0.6 is 11.6 Å². The van der Waals surface area contributed by atoms with Crippen LogP contribution in [0.15, 0.2) is 12.1 Å². The van der Waals surface area contributed by atoms with Gasteiger partial charge in [-0.1, -0.05) is 17.7 Å². The van der Waals surface area contributed by atoms with Crippen molar-refractivity contribution in [1.29, 1.82) is 0 Å². The van der Waals surface area contributed by atoms with Gasteiger partial charge in [0.05, 0.1) is 6.61 Å². The lowest BCUT2D eigenvalue weighted by Crippen LogP contribution is -1.92. The Morgan fingerprint density at radius 2 is 2.27 bits per heavy atom. The van der Waals surface area contributed by atoms with Gasteiger partial charge < -0.3 is 4.74 Å². The number of hydrogen-bond donors (Lipinski definition) is 0. The number of aromatic nitrogens is 1. The van der Waals surface area contributed by atoms with Crippen molar-refractivity contribution >= 4 is 11.6 Å². The van der Waals surface area contributed by atoms with Crippen LogP contribution in [-0.4, -0.2) is 12.1 Å². The number of halogens is 1. The third kappa shape index (κ3) is 2.17. The van der Waals surface area contributed by atoms with Crippen LogP contribution in [0.2, 0.25) is 5.15 Å². The fraction of sp³-hybridized carbons (Fsp3) is 0.375. The van der Waals surface area contributed by atoms with Crippen LogP contribution in [0.3, 0.4) is 0 Å². The minimum Gasteiger partial charge on any atom is -0.380 e. The molecule has 1 aromatic rings. The molecular weight excluding hydrogens is 162 g/mol. The molecule has 0 radical (unpaired) electrons. The zero-order chi connectivity index (χ0) is 8.27. The largest absolute Gasteiger partial charge is 0.380 e. The fourth-order valence-corrected chi connectivity index (χ4v) is 1.07. The molecule has 0 unspecified atom stereocenters. The van der Waals surface area contributed by atoms with Gasteiger partial charge in [-0.15, -0.1) is 0 Å². The summed E-state index contributed by atoms with van der Waals surface area (Å²) in [5.74, 6) is 0. The monoisotopic (exact) mass is 171 g/mol. The van der Waals surface area contributed by atoms with E-state index < -0.39 is 0 Å². The maximum absolute atomic E-state index is 5.82. The van der Waals surface area contributed by atoms with Gasteiger partial charge in [-0.25, -0.2) is 4.98 Å². The van der Waals surface area contributed by atoms with E-state index in [9.17, 15) is 0 Å². The second kappa shape index (κ2) is 3.69. The minimum atomic E-state index is 0.520. The fourth-order valence-electron chi connectivity index (χ4n) is 0.817. The zero-order valence-electron chi connectivity index (χ0n) is 6.60. The van der Waals surface area contributed by atoms with E-state index in [0.29, 0.717) is 11.8 Å². The number of ether oxygens (including phenoxy) is 1. The SMILES string of the molecule is COCc1ccc(C)nc1Cl. The Bertz CT molecular complexity index is 250. The van der Waals surface area contributed by atoms with E-state index in [0.717, 1.165) is 11.3 Å². The van der Waals surface area contributed by atoms with Crippen molar-refractivity contribution < 1.29 is 4.74 Å². The molecule has 2 nitrogen and oxygen atoms in total. The summed E-state index contributed by atoms with van der Waals surface area (Å²) < 4.78 is 4.92. The molecule has 0 saturated heterocycles. The summed E-state index contributed by atoms with van der Waals surface area (Å²) in [6, 6.07) is 3.84. The van der Waals surface area contributed by atoms with Crippen molar-refractivity contribution in [2.45, 2.75) is 13.5 Å². The molecule has 0 aliphatic heterocycles. The second-order valence-corrected chi connectivity index (χ2v) is 2.69. The first-order valence-corrected chi connectivity index (χ1v) is 3.73. The van der Waals surface area contributed by atoms with Crippen LogP contribution in [0.5, 0.6) is 0 Å². The number of rotatable bonds is 2. The Morgan fingerprint density at radius 1 is 1.55 bits per heavy atom. The van der Waals surface area contributed by atoms with Crippen LogP contribution in [-0.2, 0) is 11.3 Å². The molecule has 3 heteroatoms. The highest BCUT2D eigenvalue weighted by Gasteiger charge is 1.99. The average Bonchev–Trinajstić information content (AvgIpc) is 1.95. The highest BCUT2D eigenvalue weighted by atomic mass is 35.5. The van der Waals surface area contributed by atoms with Crippen molar-refractivity contribution in [2.24, 2.45) is 0 Å². The molecule has 0 aliphatic carbocycles. The first kappa shape index (κ1) is 8.50. The Kier molecular flexibility index (Phi) is 2.85. The predicted molar refractivity (Wildman–Crippen MR) is 44.7 cm³/mol. The lowest BCUT2D eigenvalue weighted by molar-refractivity contribution is 0.184. The standard InChI is InChI=1S/C8H10ClNO/c1-6-3-4-7(5-11-2)8(9)10-6/h3-4H,5H2,1-2H3. The number of aryl methyl sites for hydroxylation is 1. The molecule has 1 aromatic heterocycles. The third-order valence-corrected chi connectivity index (χ3v) is 1.69. The lowest BCUT2D eigenvalue weighted by atomic mass is 10.3. The van der Waals surface area contributed by atoms with Crippen LogP contribution in [0.25, 0.3) is 0 Å². The van der Waals surface area contributed by atoms with Gasteiger partial charge in [-0.2, -0.15) is 0 Å². The number of hydrogen-bond acceptors (Lipinski definition) is 2.